The minimum atomic E-state index is -0.154. The minimum absolute atomic E-state index is 0.000341. The monoisotopic (exact) mass is 345 g/mol. The van der Waals surface area contributed by atoms with Crippen molar-refractivity contribution >= 4 is 5.91 Å². The molecule has 136 valence electrons. The molecule has 6 nitrogen and oxygen atoms in total. The van der Waals surface area contributed by atoms with Crippen molar-refractivity contribution in [3.63, 3.8) is 0 Å². The van der Waals surface area contributed by atoms with Gasteiger partial charge in [0.05, 0.1) is 25.2 Å². The summed E-state index contributed by atoms with van der Waals surface area (Å²) in [6.07, 6.45) is 4.51. The molecule has 0 radical (unpaired) electrons. The van der Waals surface area contributed by atoms with Crippen LogP contribution in [-0.2, 0) is 22.6 Å². The standard InChI is InChI=1S/C19H27N3O3/c1-4-15(2)17-7-5-6-8-18(17)25-13-19(23)21-12-16-11-20-14-22(16)9-10-24-3/h5-8,11,14-15H,4,9-10,12-13H2,1-3H3,(H,21,23). The van der Waals surface area contributed by atoms with E-state index in [1.807, 2.05) is 22.8 Å². The Morgan fingerprint density at radius 1 is 1.36 bits per heavy atom. The number of rotatable bonds is 10. The third-order valence-electron chi connectivity index (χ3n) is 4.22. The van der Waals surface area contributed by atoms with E-state index in [0.29, 0.717) is 25.6 Å². The molecule has 2 aromatic rings. The Balaban J connectivity index is 1.85. The molecule has 25 heavy (non-hydrogen) atoms. The van der Waals surface area contributed by atoms with E-state index >= 15 is 0 Å². The van der Waals surface area contributed by atoms with Crippen LogP contribution < -0.4 is 10.1 Å². The van der Waals surface area contributed by atoms with E-state index in [1.54, 1.807) is 19.6 Å². The van der Waals surface area contributed by atoms with E-state index in [-0.39, 0.29) is 12.5 Å². The molecule has 1 atom stereocenters. The van der Waals surface area contributed by atoms with Gasteiger partial charge in [-0.15, -0.1) is 0 Å². The number of para-hydroxylation sites is 1. The van der Waals surface area contributed by atoms with Gasteiger partial charge in [-0.2, -0.15) is 0 Å². The van der Waals surface area contributed by atoms with Crippen molar-refractivity contribution in [2.45, 2.75) is 39.3 Å². The summed E-state index contributed by atoms with van der Waals surface area (Å²) in [7, 11) is 1.66. The number of nitrogens with one attached hydrogen (secondary N) is 1. The van der Waals surface area contributed by atoms with E-state index < -0.39 is 0 Å². The molecular formula is C19H27N3O3. The summed E-state index contributed by atoms with van der Waals surface area (Å²) < 4.78 is 12.8. The van der Waals surface area contributed by atoms with Crippen LogP contribution in [0.1, 0.15) is 37.4 Å². The molecule has 1 unspecified atom stereocenters. The fourth-order valence-corrected chi connectivity index (χ4v) is 2.51. The maximum Gasteiger partial charge on any atom is 0.258 e. The van der Waals surface area contributed by atoms with Gasteiger partial charge < -0.3 is 19.4 Å². The summed E-state index contributed by atoms with van der Waals surface area (Å²) in [5.74, 6) is 1.02. The predicted octanol–water partition coefficient (Wildman–Crippen LogP) is 2.74. The van der Waals surface area contributed by atoms with E-state index in [0.717, 1.165) is 23.4 Å². The highest BCUT2D eigenvalue weighted by Crippen LogP contribution is 2.28. The topological polar surface area (TPSA) is 65.4 Å². The zero-order chi connectivity index (χ0) is 18.1. The van der Waals surface area contributed by atoms with Crippen LogP contribution >= 0.6 is 0 Å². The molecule has 2 rings (SSSR count). The first-order valence-electron chi connectivity index (χ1n) is 8.62. The fraction of sp³-hybridized carbons (Fsp3) is 0.474. The molecule has 1 aromatic heterocycles. The molecule has 0 bridgehead atoms. The minimum Gasteiger partial charge on any atom is -0.483 e. The number of ether oxygens (including phenoxy) is 2. The molecule has 1 heterocycles. The summed E-state index contributed by atoms with van der Waals surface area (Å²) in [4.78, 5) is 16.2. The normalized spacial score (nSPS) is 12.0. The summed E-state index contributed by atoms with van der Waals surface area (Å²) in [5.41, 5.74) is 2.07. The highest BCUT2D eigenvalue weighted by molar-refractivity contribution is 5.77. The Kier molecular flexibility index (Phi) is 7.47. The quantitative estimate of drug-likeness (QED) is 0.719. The largest absolute Gasteiger partial charge is 0.483 e. The Labute approximate surface area is 149 Å². The zero-order valence-electron chi connectivity index (χ0n) is 15.2. The van der Waals surface area contributed by atoms with E-state index in [1.165, 1.54) is 0 Å². The lowest BCUT2D eigenvalue weighted by Gasteiger charge is -2.15. The Hall–Kier alpha value is -2.34. The van der Waals surface area contributed by atoms with Crippen LogP contribution in [0.5, 0.6) is 5.75 Å². The number of aromatic nitrogens is 2. The van der Waals surface area contributed by atoms with Crippen LogP contribution in [0.2, 0.25) is 0 Å². The van der Waals surface area contributed by atoms with Gasteiger partial charge in [0, 0.05) is 19.9 Å². The number of benzene rings is 1. The average molecular weight is 345 g/mol. The molecule has 1 amide bonds. The number of imidazole rings is 1. The first kappa shape index (κ1) is 19.0. The van der Waals surface area contributed by atoms with Crippen molar-refractivity contribution in [1.82, 2.24) is 14.9 Å². The second-order valence-corrected chi connectivity index (χ2v) is 5.98. The highest BCUT2D eigenvalue weighted by atomic mass is 16.5. The fourth-order valence-electron chi connectivity index (χ4n) is 2.51. The van der Waals surface area contributed by atoms with Crippen molar-refractivity contribution in [3.8, 4) is 5.75 Å². The van der Waals surface area contributed by atoms with Crippen molar-refractivity contribution in [1.29, 1.82) is 0 Å². The molecule has 0 aliphatic rings. The number of nitrogens with zero attached hydrogens (tertiary/aromatic N) is 2. The van der Waals surface area contributed by atoms with Crippen molar-refractivity contribution in [3.05, 3.63) is 48.0 Å². The molecule has 0 saturated heterocycles. The molecule has 1 N–H and O–H groups in total. The van der Waals surface area contributed by atoms with Crippen LogP contribution in [-0.4, -0.2) is 35.8 Å². The maximum atomic E-state index is 12.1. The predicted molar refractivity (Wildman–Crippen MR) is 96.6 cm³/mol. The van der Waals surface area contributed by atoms with Gasteiger partial charge in [0.15, 0.2) is 6.61 Å². The van der Waals surface area contributed by atoms with Gasteiger partial charge in [-0.05, 0) is 24.0 Å². The summed E-state index contributed by atoms with van der Waals surface area (Å²) in [6, 6.07) is 7.88. The number of methoxy groups -OCH3 is 1. The number of carbonyl (C=O) groups is 1. The molecular weight excluding hydrogens is 318 g/mol. The van der Waals surface area contributed by atoms with Crippen LogP contribution in [0.15, 0.2) is 36.8 Å². The number of hydrogen-bond donors (Lipinski definition) is 1. The van der Waals surface area contributed by atoms with Gasteiger partial charge in [0.2, 0.25) is 0 Å². The third kappa shape index (κ3) is 5.60. The first-order chi connectivity index (χ1) is 12.2. The number of carbonyl (C=O) groups excluding carboxylic acids is 1. The Morgan fingerprint density at radius 2 is 2.16 bits per heavy atom. The van der Waals surface area contributed by atoms with Crippen molar-refractivity contribution in [2.75, 3.05) is 20.3 Å². The Morgan fingerprint density at radius 3 is 2.92 bits per heavy atom. The molecule has 0 saturated carbocycles. The van der Waals surface area contributed by atoms with Gasteiger partial charge in [0.1, 0.15) is 5.75 Å². The third-order valence-corrected chi connectivity index (χ3v) is 4.22. The van der Waals surface area contributed by atoms with Gasteiger partial charge >= 0.3 is 0 Å². The smallest absolute Gasteiger partial charge is 0.258 e. The average Bonchev–Trinajstić information content (AvgIpc) is 3.09. The van der Waals surface area contributed by atoms with Crippen LogP contribution in [0.25, 0.3) is 0 Å². The second-order valence-electron chi connectivity index (χ2n) is 5.98. The lowest BCUT2D eigenvalue weighted by molar-refractivity contribution is -0.123. The molecule has 0 spiro atoms. The van der Waals surface area contributed by atoms with Crippen LogP contribution in [0.4, 0.5) is 0 Å². The molecule has 1 aromatic carbocycles. The number of amides is 1. The summed E-state index contributed by atoms with van der Waals surface area (Å²) in [6.45, 7) is 6.02. The maximum absolute atomic E-state index is 12.1. The van der Waals surface area contributed by atoms with E-state index in [4.69, 9.17) is 9.47 Å². The zero-order valence-corrected chi connectivity index (χ0v) is 15.2. The highest BCUT2D eigenvalue weighted by Gasteiger charge is 2.11. The van der Waals surface area contributed by atoms with Gasteiger partial charge in [-0.3, -0.25) is 4.79 Å². The SMILES string of the molecule is CCC(C)c1ccccc1OCC(=O)NCc1cncn1CCOC. The second kappa shape index (κ2) is 9.84. The van der Waals surface area contributed by atoms with E-state index in [2.05, 4.69) is 30.2 Å². The van der Waals surface area contributed by atoms with Gasteiger partial charge in [-0.1, -0.05) is 32.0 Å². The molecule has 0 aliphatic heterocycles. The van der Waals surface area contributed by atoms with Crippen molar-refractivity contribution < 1.29 is 14.3 Å². The molecule has 0 fully saturated rings. The summed E-state index contributed by atoms with van der Waals surface area (Å²) in [5, 5.41) is 2.87. The summed E-state index contributed by atoms with van der Waals surface area (Å²) >= 11 is 0. The Bertz CT molecular complexity index is 669. The van der Waals surface area contributed by atoms with E-state index in [9.17, 15) is 4.79 Å². The van der Waals surface area contributed by atoms with Crippen LogP contribution in [0.3, 0.4) is 0 Å². The molecule has 0 aliphatic carbocycles. The van der Waals surface area contributed by atoms with Crippen LogP contribution in [0, 0.1) is 0 Å². The lowest BCUT2D eigenvalue weighted by Crippen LogP contribution is -2.29. The first-order valence-corrected chi connectivity index (χ1v) is 8.62. The lowest BCUT2D eigenvalue weighted by atomic mass is 9.98. The molecule has 6 heteroatoms. The van der Waals surface area contributed by atoms with Crippen molar-refractivity contribution in [2.24, 2.45) is 0 Å². The number of hydrogen-bond acceptors (Lipinski definition) is 4. The van der Waals surface area contributed by atoms with Gasteiger partial charge in [0.25, 0.3) is 5.91 Å². The van der Waals surface area contributed by atoms with Gasteiger partial charge in [-0.25, -0.2) is 4.98 Å².